The third-order valence-corrected chi connectivity index (χ3v) is 3.12. The first-order chi connectivity index (χ1) is 9.61. The van der Waals surface area contributed by atoms with E-state index in [4.69, 9.17) is 0 Å². The summed E-state index contributed by atoms with van der Waals surface area (Å²) in [6, 6.07) is 10.0. The van der Waals surface area contributed by atoms with E-state index in [2.05, 4.69) is 20.5 Å². The first kappa shape index (κ1) is 12.5. The van der Waals surface area contributed by atoms with E-state index >= 15 is 0 Å². The fraction of sp³-hybridized carbons (Fsp3) is 0.200. The van der Waals surface area contributed by atoms with Crippen molar-refractivity contribution in [1.29, 1.82) is 0 Å². The smallest absolute Gasteiger partial charge is 0.246 e. The number of nitrogens with one attached hydrogen (secondary N) is 1. The number of benzene rings is 1. The molecule has 1 N–H and O–H groups in total. The van der Waals surface area contributed by atoms with Crippen LogP contribution in [0.15, 0.2) is 35.4 Å². The molecule has 3 rings (SSSR count). The Morgan fingerprint density at radius 1 is 1.05 bits per heavy atom. The van der Waals surface area contributed by atoms with Gasteiger partial charge in [0.05, 0.1) is 23.5 Å². The third-order valence-electron chi connectivity index (χ3n) is 3.12. The average molecular weight is 266 g/mol. The van der Waals surface area contributed by atoms with E-state index in [-0.39, 0.29) is 12.3 Å². The lowest BCUT2D eigenvalue weighted by Crippen LogP contribution is -2.10. The van der Waals surface area contributed by atoms with E-state index in [1.54, 1.807) is 0 Å². The Hall–Kier alpha value is -2.56. The van der Waals surface area contributed by atoms with Crippen LogP contribution in [0.1, 0.15) is 23.5 Å². The number of amides is 1. The number of hydrogen-bond acceptors (Lipinski definition) is 4. The predicted molar refractivity (Wildman–Crippen MR) is 76.2 cm³/mol. The maximum absolute atomic E-state index is 11.2. The van der Waals surface area contributed by atoms with Gasteiger partial charge in [-0.2, -0.15) is 5.10 Å². The molecule has 1 aliphatic heterocycles. The summed E-state index contributed by atoms with van der Waals surface area (Å²) in [5.74, 6) is 0.563. The molecule has 5 heteroatoms. The van der Waals surface area contributed by atoms with Crippen LogP contribution in [0.25, 0.3) is 11.3 Å². The lowest BCUT2D eigenvalue weighted by Gasteiger charge is -2.06. The van der Waals surface area contributed by atoms with Crippen molar-refractivity contribution in [2.45, 2.75) is 20.3 Å². The van der Waals surface area contributed by atoms with Gasteiger partial charge >= 0.3 is 0 Å². The number of carbonyl (C=O) groups excluding carboxylic acids is 1. The van der Waals surface area contributed by atoms with Gasteiger partial charge in [-0.15, -0.1) is 0 Å². The number of rotatable bonds is 2. The lowest BCUT2D eigenvalue weighted by atomic mass is 10.1. The van der Waals surface area contributed by atoms with Crippen LogP contribution in [0.3, 0.4) is 0 Å². The summed E-state index contributed by atoms with van der Waals surface area (Å²) in [6.07, 6.45) is 0.268. The van der Waals surface area contributed by atoms with Crippen LogP contribution in [0.5, 0.6) is 0 Å². The van der Waals surface area contributed by atoms with Gasteiger partial charge in [0.1, 0.15) is 5.82 Å². The molecule has 0 spiro atoms. The molecule has 100 valence electrons. The number of nitrogens with zero attached hydrogens (tertiary/aromatic N) is 3. The minimum Gasteiger partial charge on any atom is -0.273 e. The van der Waals surface area contributed by atoms with Crippen molar-refractivity contribution in [1.82, 2.24) is 15.4 Å². The zero-order valence-electron chi connectivity index (χ0n) is 11.3. The molecule has 0 saturated heterocycles. The Morgan fingerprint density at radius 3 is 2.40 bits per heavy atom. The third kappa shape index (κ3) is 2.42. The second-order valence-corrected chi connectivity index (χ2v) is 4.82. The maximum Gasteiger partial charge on any atom is 0.246 e. The Morgan fingerprint density at radius 2 is 1.75 bits per heavy atom. The van der Waals surface area contributed by atoms with Gasteiger partial charge in [0.15, 0.2) is 0 Å². The van der Waals surface area contributed by atoms with Crippen molar-refractivity contribution < 1.29 is 4.79 Å². The highest BCUT2D eigenvalue weighted by Crippen LogP contribution is 2.19. The number of aryl methyl sites for hydroxylation is 2. The summed E-state index contributed by atoms with van der Waals surface area (Å²) in [7, 11) is 0. The van der Waals surface area contributed by atoms with Crippen molar-refractivity contribution >= 4 is 11.6 Å². The van der Waals surface area contributed by atoms with Crippen LogP contribution >= 0.6 is 0 Å². The Kier molecular flexibility index (Phi) is 3.02. The van der Waals surface area contributed by atoms with Crippen LogP contribution in [-0.4, -0.2) is 21.6 Å². The van der Waals surface area contributed by atoms with Gasteiger partial charge in [0, 0.05) is 5.56 Å². The Bertz CT molecular complexity index is 704. The quantitative estimate of drug-likeness (QED) is 0.903. The average Bonchev–Trinajstić information content (AvgIpc) is 2.85. The van der Waals surface area contributed by atoms with E-state index < -0.39 is 0 Å². The highest BCUT2D eigenvalue weighted by Gasteiger charge is 2.18. The molecular weight excluding hydrogens is 252 g/mol. The van der Waals surface area contributed by atoms with Gasteiger partial charge < -0.3 is 0 Å². The molecule has 0 saturated carbocycles. The fourth-order valence-electron chi connectivity index (χ4n) is 2.10. The summed E-state index contributed by atoms with van der Waals surface area (Å²) in [5.41, 5.74) is 6.88. The summed E-state index contributed by atoms with van der Waals surface area (Å²) in [6.45, 7) is 3.89. The number of carbonyl (C=O) groups is 1. The highest BCUT2D eigenvalue weighted by atomic mass is 16.2. The molecule has 5 nitrogen and oxygen atoms in total. The van der Waals surface area contributed by atoms with Gasteiger partial charge in [-0.1, -0.05) is 29.8 Å². The highest BCUT2D eigenvalue weighted by molar-refractivity contribution is 6.12. The molecule has 20 heavy (non-hydrogen) atoms. The van der Waals surface area contributed by atoms with E-state index in [0.29, 0.717) is 17.2 Å². The molecule has 0 fully saturated rings. The molecule has 0 unspecified atom stereocenters. The van der Waals surface area contributed by atoms with Crippen molar-refractivity contribution in [2.75, 3.05) is 0 Å². The van der Waals surface area contributed by atoms with Gasteiger partial charge in [-0.05, 0) is 19.9 Å². The van der Waals surface area contributed by atoms with Gasteiger partial charge in [-0.25, -0.2) is 15.4 Å². The summed E-state index contributed by atoms with van der Waals surface area (Å²) >= 11 is 0. The normalized spacial score (nSPS) is 14.1. The van der Waals surface area contributed by atoms with Crippen molar-refractivity contribution in [2.24, 2.45) is 5.10 Å². The maximum atomic E-state index is 11.2. The minimum atomic E-state index is -0.104. The van der Waals surface area contributed by atoms with E-state index in [1.165, 1.54) is 5.56 Å². The predicted octanol–water partition coefficient (Wildman–Crippen LogP) is 1.98. The summed E-state index contributed by atoms with van der Waals surface area (Å²) < 4.78 is 0. The zero-order valence-corrected chi connectivity index (χ0v) is 11.3. The second-order valence-electron chi connectivity index (χ2n) is 4.82. The molecule has 1 aromatic heterocycles. The fourth-order valence-corrected chi connectivity index (χ4v) is 2.10. The first-order valence-corrected chi connectivity index (χ1v) is 6.40. The Labute approximate surface area is 116 Å². The van der Waals surface area contributed by atoms with Crippen LogP contribution in [-0.2, 0) is 4.79 Å². The zero-order chi connectivity index (χ0) is 14.1. The van der Waals surface area contributed by atoms with Crippen LogP contribution in [0, 0.1) is 13.8 Å². The standard InChI is InChI=1S/C15H14N4O/c1-9-3-5-11(6-4-9)12-7-13(17-10(2)16-12)14-8-15(20)19-18-14/h3-7H,8H2,1-2H3,(H,19,20). The second kappa shape index (κ2) is 4.85. The molecule has 0 aliphatic carbocycles. The molecule has 2 aromatic rings. The first-order valence-electron chi connectivity index (χ1n) is 6.40. The molecule has 1 aromatic carbocycles. The van der Waals surface area contributed by atoms with Crippen LogP contribution in [0.2, 0.25) is 0 Å². The van der Waals surface area contributed by atoms with Gasteiger partial charge in [-0.3, -0.25) is 4.79 Å². The van der Waals surface area contributed by atoms with Crippen molar-refractivity contribution in [3.63, 3.8) is 0 Å². The lowest BCUT2D eigenvalue weighted by molar-refractivity contribution is -0.119. The summed E-state index contributed by atoms with van der Waals surface area (Å²) in [4.78, 5) is 20.0. The minimum absolute atomic E-state index is 0.104. The molecule has 0 bridgehead atoms. The van der Waals surface area contributed by atoms with Crippen molar-refractivity contribution in [3.05, 3.63) is 47.4 Å². The number of hydrogen-bond donors (Lipinski definition) is 1. The Balaban J connectivity index is 2.02. The summed E-state index contributed by atoms with van der Waals surface area (Å²) in [5, 5.41) is 4.00. The largest absolute Gasteiger partial charge is 0.273 e. The van der Waals surface area contributed by atoms with Crippen molar-refractivity contribution in [3.8, 4) is 11.3 Å². The molecule has 2 heterocycles. The molecule has 0 radical (unpaired) electrons. The SMILES string of the molecule is Cc1ccc(-c2cc(C3=NNC(=O)C3)nc(C)n2)cc1. The molecule has 0 atom stereocenters. The van der Waals surface area contributed by atoms with Crippen LogP contribution < -0.4 is 5.43 Å². The molecule has 1 aliphatic rings. The molecule has 1 amide bonds. The van der Waals surface area contributed by atoms with Crippen LogP contribution in [0.4, 0.5) is 0 Å². The number of hydrazone groups is 1. The monoisotopic (exact) mass is 266 g/mol. The number of aromatic nitrogens is 2. The van der Waals surface area contributed by atoms with E-state index in [0.717, 1.165) is 11.3 Å². The van der Waals surface area contributed by atoms with Gasteiger partial charge in [0.25, 0.3) is 0 Å². The van der Waals surface area contributed by atoms with Gasteiger partial charge in [0.2, 0.25) is 5.91 Å². The van der Waals surface area contributed by atoms with E-state index in [1.807, 2.05) is 44.2 Å². The van der Waals surface area contributed by atoms with E-state index in [9.17, 15) is 4.79 Å². The molecular formula is C15H14N4O. The topological polar surface area (TPSA) is 67.2 Å².